The summed E-state index contributed by atoms with van der Waals surface area (Å²) in [5.74, 6) is 0.963. The molecule has 0 bridgehead atoms. The van der Waals surface area contributed by atoms with Crippen LogP contribution in [0.3, 0.4) is 0 Å². The van der Waals surface area contributed by atoms with Gasteiger partial charge in [-0.15, -0.1) is 0 Å². The van der Waals surface area contributed by atoms with Gasteiger partial charge in [0.1, 0.15) is 5.76 Å². The number of ether oxygens (including phenoxy) is 1. The fraction of sp³-hybridized carbons (Fsp3) is 0.667. The minimum absolute atomic E-state index is 0.247. The van der Waals surface area contributed by atoms with Crippen molar-refractivity contribution in [2.75, 3.05) is 19.8 Å². The molecular weight excluding hydrogens is 270 g/mol. The van der Waals surface area contributed by atoms with E-state index in [1.54, 1.807) is 6.26 Å². The van der Waals surface area contributed by atoms with Crippen molar-refractivity contribution < 1.29 is 9.15 Å². The Morgan fingerprint density at radius 1 is 1.50 bits per heavy atom. The maximum atomic E-state index is 5.39. The van der Waals surface area contributed by atoms with E-state index in [1.165, 1.54) is 0 Å². The Kier molecular flexibility index (Phi) is 6.76. The summed E-state index contributed by atoms with van der Waals surface area (Å²) in [5, 5.41) is 3.42. The van der Waals surface area contributed by atoms with Gasteiger partial charge < -0.3 is 14.5 Å². The van der Waals surface area contributed by atoms with E-state index in [0.29, 0.717) is 0 Å². The summed E-state index contributed by atoms with van der Waals surface area (Å²) in [4.78, 5) is 0. The lowest BCUT2D eigenvalue weighted by molar-refractivity contribution is 0.143. The van der Waals surface area contributed by atoms with Gasteiger partial charge in [0, 0.05) is 13.2 Å². The van der Waals surface area contributed by atoms with Gasteiger partial charge in [-0.1, -0.05) is 0 Å². The molecule has 0 aliphatic carbocycles. The molecule has 0 fully saturated rings. The Morgan fingerprint density at radius 3 is 2.94 bits per heavy atom. The fourth-order valence-electron chi connectivity index (χ4n) is 1.50. The highest BCUT2D eigenvalue weighted by Gasteiger charge is 2.11. The molecule has 1 unspecified atom stereocenters. The van der Waals surface area contributed by atoms with Gasteiger partial charge in [0.05, 0.1) is 16.8 Å². The highest BCUT2D eigenvalue weighted by Crippen LogP contribution is 2.23. The average Bonchev–Trinajstić information content (AvgIpc) is 2.69. The minimum atomic E-state index is 0.247. The van der Waals surface area contributed by atoms with Crippen LogP contribution in [0, 0.1) is 0 Å². The first-order valence-corrected chi connectivity index (χ1v) is 6.59. The summed E-state index contributed by atoms with van der Waals surface area (Å²) in [6.45, 7) is 6.78. The van der Waals surface area contributed by atoms with Crippen molar-refractivity contribution in [2.45, 2.75) is 32.7 Å². The zero-order valence-electron chi connectivity index (χ0n) is 9.96. The van der Waals surface area contributed by atoms with Gasteiger partial charge in [0.15, 0.2) is 0 Å². The van der Waals surface area contributed by atoms with Crippen LogP contribution >= 0.6 is 15.9 Å². The molecule has 1 N–H and O–H groups in total. The Balaban J connectivity index is 2.11. The Morgan fingerprint density at radius 2 is 2.31 bits per heavy atom. The molecule has 0 aliphatic rings. The van der Waals surface area contributed by atoms with Crippen LogP contribution in [0.15, 0.2) is 21.2 Å². The summed E-state index contributed by atoms with van der Waals surface area (Å²) < 4.78 is 11.7. The van der Waals surface area contributed by atoms with Gasteiger partial charge in [0.2, 0.25) is 0 Å². The zero-order valence-corrected chi connectivity index (χ0v) is 11.5. The first-order valence-electron chi connectivity index (χ1n) is 5.79. The summed E-state index contributed by atoms with van der Waals surface area (Å²) >= 11 is 3.46. The summed E-state index contributed by atoms with van der Waals surface area (Å²) in [7, 11) is 0. The van der Waals surface area contributed by atoms with Crippen molar-refractivity contribution in [2.24, 2.45) is 0 Å². The number of nitrogens with one attached hydrogen (secondary N) is 1. The molecule has 0 saturated heterocycles. The first-order chi connectivity index (χ1) is 7.75. The summed E-state index contributed by atoms with van der Waals surface area (Å²) in [6, 6.07) is 2.17. The monoisotopic (exact) mass is 289 g/mol. The normalized spacial score (nSPS) is 12.9. The molecular formula is C12H20BrNO2. The van der Waals surface area contributed by atoms with Crippen LogP contribution in [0.25, 0.3) is 0 Å². The predicted molar refractivity (Wildman–Crippen MR) is 68.6 cm³/mol. The second-order valence-corrected chi connectivity index (χ2v) is 4.57. The van der Waals surface area contributed by atoms with Crippen LogP contribution in [0.5, 0.6) is 0 Å². The van der Waals surface area contributed by atoms with Gasteiger partial charge in [-0.25, -0.2) is 0 Å². The maximum Gasteiger partial charge on any atom is 0.134 e. The van der Waals surface area contributed by atoms with E-state index in [0.717, 1.165) is 42.8 Å². The third kappa shape index (κ3) is 4.68. The molecule has 1 atom stereocenters. The molecule has 0 amide bonds. The Labute approximate surface area is 106 Å². The van der Waals surface area contributed by atoms with E-state index in [1.807, 2.05) is 13.0 Å². The van der Waals surface area contributed by atoms with Crippen molar-refractivity contribution >= 4 is 15.9 Å². The number of furan rings is 1. The number of unbranched alkanes of at least 4 members (excludes halogenated alkanes) is 1. The number of halogens is 1. The smallest absolute Gasteiger partial charge is 0.134 e. The van der Waals surface area contributed by atoms with Crippen LogP contribution in [-0.4, -0.2) is 19.8 Å². The van der Waals surface area contributed by atoms with Crippen molar-refractivity contribution in [3.05, 3.63) is 22.6 Å². The van der Waals surface area contributed by atoms with Crippen molar-refractivity contribution in [1.29, 1.82) is 0 Å². The number of hydrogen-bond donors (Lipinski definition) is 1. The van der Waals surface area contributed by atoms with Crippen LogP contribution in [-0.2, 0) is 4.74 Å². The molecule has 92 valence electrons. The third-order valence-electron chi connectivity index (χ3n) is 2.41. The van der Waals surface area contributed by atoms with Crippen molar-refractivity contribution in [3.8, 4) is 0 Å². The van der Waals surface area contributed by atoms with Gasteiger partial charge in [-0.2, -0.15) is 0 Å². The molecule has 1 aromatic heterocycles. The molecule has 1 rings (SSSR count). The standard InChI is InChI=1S/C12H20BrNO2/c1-3-15-8-5-4-7-14-10(2)12-11(13)6-9-16-12/h6,9-10,14H,3-5,7-8H2,1-2H3. The van der Waals surface area contributed by atoms with Crippen molar-refractivity contribution in [1.82, 2.24) is 5.32 Å². The second-order valence-electron chi connectivity index (χ2n) is 3.71. The van der Waals surface area contributed by atoms with Crippen LogP contribution in [0.4, 0.5) is 0 Å². The van der Waals surface area contributed by atoms with Crippen LogP contribution < -0.4 is 5.32 Å². The zero-order chi connectivity index (χ0) is 11.8. The first kappa shape index (κ1) is 13.7. The molecule has 0 aromatic carbocycles. The van der Waals surface area contributed by atoms with Crippen LogP contribution in [0.2, 0.25) is 0 Å². The van der Waals surface area contributed by atoms with Gasteiger partial charge in [0.25, 0.3) is 0 Å². The van der Waals surface area contributed by atoms with E-state index in [-0.39, 0.29) is 6.04 Å². The average molecular weight is 290 g/mol. The van der Waals surface area contributed by atoms with Gasteiger partial charge in [-0.05, 0) is 55.2 Å². The van der Waals surface area contributed by atoms with E-state index in [4.69, 9.17) is 9.15 Å². The topological polar surface area (TPSA) is 34.4 Å². The SMILES string of the molecule is CCOCCCCNC(C)c1occc1Br. The predicted octanol–water partition coefficient (Wildman–Crippen LogP) is 3.51. The quantitative estimate of drug-likeness (QED) is 0.744. The fourth-order valence-corrected chi connectivity index (χ4v) is 2.04. The third-order valence-corrected chi connectivity index (χ3v) is 3.06. The van der Waals surface area contributed by atoms with Gasteiger partial charge in [-0.3, -0.25) is 0 Å². The molecule has 4 heteroatoms. The van der Waals surface area contributed by atoms with E-state index >= 15 is 0 Å². The highest BCUT2D eigenvalue weighted by atomic mass is 79.9. The summed E-state index contributed by atoms with van der Waals surface area (Å²) in [5.41, 5.74) is 0. The molecule has 0 saturated carbocycles. The Bertz CT molecular complexity index is 288. The van der Waals surface area contributed by atoms with E-state index in [9.17, 15) is 0 Å². The highest BCUT2D eigenvalue weighted by molar-refractivity contribution is 9.10. The number of rotatable bonds is 8. The molecule has 0 aliphatic heterocycles. The van der Waals surface area contributed by atoms with Crippen LogP contribution in [0.1, 0.15) is 38.5 Å². The maximum absolute atomic E-state index is 5.39. The minimum Gasteiger partial charge on any atom is -0.466 e. The second kappa shape index (κ2) is 7.87. The van der Waals surface area contributed by atoms with E-state index < -0.39 is 0 Å². The largest absolute Gasteiger partial charge is 0.466 e. The molecule has 3 nitrogen and oxygen atoms in total. The lowest BCUT2D eigenvalue weighted by Crippen LogP contribution is -2.20. The van der Waals surface area contributed by atoms with Crippen molar-refractivity contribution in [3.63, 3.8) is 0 Å². The number of hydrogen-bond acceptors (Lipinski definition) is 3. The molecule has 16 heavy (non-hydrogen) atoms. The summed E-state index contributed by atoms with van der Waals surface area (Å²) in [6.07, 6.45) is 3.93. The van der Waals surface area contributed by atoms with Gasteiger partial charge >= 0.3 is 0 Å². The molecule has 0 radical (unpaired) electrons. The molecule has 0 spiro atoms. The Hall–Kier alpha value is -0.320. The lowest BCUT2D eigenvalue weighted by Gasteiger charge is -2.11. The lowest BCUT2D eigenvalue weighted by atomic mass is 10.2. The van der Waals surface area contributed by atoms with E-state index in [2.05, 4.69) is 28.2 Å². The molecule has 1 aromatic rings. The molecule has 1 heterocycles.